The summed E-state index contributed by atoms with van der Waals surface area (Å²) >= 11 is 6.17. The van der Waals surface area contributed by atoms with Crippen LogP contribution in [0.5, 0.6) is 5.88 Å². The predicted molar refractivity (Wildman–Crippen MR) is 136 cm³/mol. The summed E-state index contributed by atoms with van der Waals surface area (Å²) < 4.78 is 13.1. The molecule has 1 aliphatic rings. The maximum Gasteiger partial charge on any atom is 0.339 e. The summed E-state index contributed by atoms with van der Waals surface area (Å²) in [5.41, 5.74) is 3.48. The fourth-order valence-electron chi connectivity index (χ4n) is 5.04. The molecule has 4 aromatic rings. The van der Waals surface area contributed by atoms with Crippen molar-refractivity contribution in [2.24, 2.45) is 5.92 Å². The lowest BCUT2D eigenvalue weighted by molar-refractivity contribution is 0.0600. The van der Waals surface area contributed by atoms with Gasteiger partial charge in [0.15, 0.2) is 0 Å². The van der Waals surface area contributed by atoms with E-state index in [0.29, 0.717) is 29.0 Å². The van der Waals surface area contributed by atoms with Crippen molar-refractivity contribution in [3.8, 4) is 11.6 Å². The number of carbonyl (C=O) groups excluding carboxylic acids is 1. The third-order valence-corrected chi connectivity index (χ3v) is 7.08. The Morgan fingerprint density at radius 2 is 1.83 bits per heavy atom. The molecule has 0 radical (unpaired) electrons. The Kier molecular flexibility index (Phi) is 7.00. The zero-order valence-corrected chi connectivity index (χ0v) is 20.4. The van der Waals surface area contributed by atoms with Gasteiger partial charge in [-0.15, -0.1) is 0 Å². The quantitative estimate of drug-likeness (QED) is 0.273. The van der Waals surface area contributed by atoms with Crippen molar-refractivity contribution < 1.29 is 14.3 Å². The summed E-state index contributed by atoms with van der Waals surface area (Å²) in [5, 5.41) is 6.80. The monoisotopic (exact) mass is 489 g/mol. The molecule has 1 aliphatic carbocycles. The lowest BCUT2D eigenvalue weighted by Crippen LogP contribution is -2.25. The van der Waals surface area contributed by atoms with E-state index in [0.717, 1.165) is 35.1 Å². The molecule has 1 fully saturated rings. The van der Waals surface area contributed by atoms with Crippen molar-refractivity contribution in [1.29, 1.82) is 0 Å². The Hall–Kier alpha value is -3.38. The molecule has 7 heteroatoms. The lowest BCUT2D eigenvalue weighted by atomic mass is 9.78. The summed E-state index contributed by atoms with van der Waals surface area (Å²) in [7, 11) is 1.36. The van der Waals surface area contributed by atoms with Crippen LogP contribution in [-0.4, -0.2) is 34.5 Å². The Labute approximate surface area is 209 Å². The number of pyridine rings is 1. The van der Waals surface area contributed by atoms with Crippen LogP contribution < -0.4 is 4.74 Å². The molecule has 6 nitrogen and oxygen atoms in total. The third kappa shape index (κ3) is 5.03. The largest absolute Gasteiger partial charge is 0.477 e. The van der Waals surface area contributed by atoms with Gasteiger partial charge in [-0.25, -0.2) is 14.5 Å². The van der Waals surface area contributed by atoms with Crippen molar-refractivity contribution >= 4 is 28.5 Å². The van der Waals surface area contributed by atoms with Crippen LogP contribution in [0.1, 0.15) is 54.1 Å². The van der Waals surface area contributed by atoms with Crippen LogP contribution in [0.4, 0.5) is 0 Å². The van der Waals surface area contributed by atoms with Crippen molar-refractivity contribution in [2.75, 3.05) is 13.7 Å². The Bertz CT molecular complexity index is 1300. The van der Waals surface area contributed by atoms with Crippen molar-refractivity contribution in [2.45, 2.75) is 38.0 Å². The zero-order valence-electron chi connectivity index (χ0n) is 19.7. The molecule has 1 saturated carbocycles. The molecule has 5 rings (SSSR count). The van der Waals surface area contributed by atoms with Gasteiger partial charge in [0.2, 0.25) is 5.88 Å². The summed E-state index contributed by atoms with van der Waals surface area (Å²) in [4.78, 5) is 16.1. The van der Waals surface area contributed by atoms with E-state index in [4.69, 9.17) is 26.2 Å². The first kappa shape index (κ1) is 23.4. The normalized spacial score (nSPS) is 15.1. The summed E-state index contributed by atoms with van der Waals surface area (Å²) in [5.74, 6) is 0.674. The second-order valence-electron chi connectivity index (χ2n) is 8.98. The molecule has 0 aliphatic heterocycles. The number of halogens is 1. The van der Waals surface area contributed by atoms with Gasteiger partial charge in [-0.3, -0.25) is 0 Å². The van der Waals surface area contributed by atoms with Crippen LogP contribution in [0.15, 0.2) is 66.9 Å². The van der Waals surface area contributed by atoms with Crippen molar-refractivity contribution in [3.63, 3.8) is 0 Å². The molecular formula is C28H28ClN3O3. The van der Waals surface area contributed by atoms with E-state index in [1.54, 1.807) is 12.1 Å². The van der Waals surface area contributed by atoms with Gasteiger partial charge in [-0.05, 0) is 55.2 Å². The maximum atomic E-state index is 11.7. The van der Waals surface area contributed by atoms with Crippen LogP contribution in [0, 0.1) is 5.92 Å². The summed E-state index contributed by atoms with van der Waals surface area (Å²) in [6, 6.07) is 19.5. The first-order valence-electron chi connectivity index (χ1n) is 12.0. The van der Waals surface area contributed by atoms with Crippen LogP contribution >= 0.6 is 11.6 Å². The van der Waals surface area contributed by atoms with Gasteiger partial charge in [-0.2, -0.15) is 5.10 Å². The van der Waals surface area contributed by atoms with Crippen LogP contribution in [0.3, 0.4) is 0 Å². The highest BCUT2D eigenvalue weighted by atomic mass is 35.5. The van der Waals surface area contributed by atoms with Gasteiger partial charge in [0.1, 0.15) is 0 Å². The number of nitrogens with zero attached hydrogens (tertiary/aromatic N) is 3. The van der Waals surface area contributed by atoms with Gasteiger partial charge in [0, 0.05) is 28.6 Å². The minimum atomic E-state index is -0.414. The van der Waals surface area contributed by atoms with Gasteiger partial charge >= 0.3 is 5.97 Å². The first-order valence-corrected chi connectivity index (χ1v) is 12.4. The number of aromatic nitrogens is 3. The lowest BCUT2D eigenvalue weighted by Gasteiger charge is -2.31. The van der Waals surface area contributed by atoms with Crippen molar-refractivity contribution in [1.82, 2.24) is 14.8 Å². The molecule has 1 unspecified atom stereocenters. The Balaban J connectivity index is 1.53. The van der Waals surface area contributed by atoms with Gasteiger partial charge in [0.05, 0.1) is 36.2 Å². The molecule has 2 heterocycles. The molecule has 0 saturated heterocycles. The number of methoxy groups -OCH3 is 1. The number of ether oxygens (including phenoxy) is 2. The zero-order chi connectivity index (χ0) is 24.2. The van der Waals surface area contributed by atoms with Crippen LogP contribution in [0.25, 0.3) is 16.6 Å². The minimum Gasteiger partial charge on any atom is -0.477 e. The molecular weight excluding hydrogens is 462 g/mol. The standard InChI is InChI=1S/C28H28ClN3O3/c1-34-28(33)20-11-16-26(30-17-20)35-18-24(19-7-3-2-4-8-19)27-23-9-5-6-10-25(23)31-32(27)22-14-12-21(29)13-15-22/h5-6,9-17,19,24H,2-4,7-8,18H2,1H3. The average Bonchev–Trinajstić information content (AvgIpc) is 3.29. The van der Waals surface area contributed by atoms with Crippen LogP contribution in [0.2, 0.25) is 5.02 Å². The minimum absolute atomic E-state index is 0.125. The van der Waals surface area contributed by atoms with Gasteiger partial charge in [-0.1, -0.05) is 49.1 Å². The summed E-state index contributed by atoms with van der Waals surface area (Å²) in [6.45, 7) is 0.471. The number of esters is 1. The van der Waals surface area contributed by atoms with E-state index < -0.39 is 5.97 Å². The van der Waals surface area contributed by atoms with Gasteiger partial charge < -0.3 is 9.47 Å². The smallest absolute Gasteiger partial charge is 0.339 e. The molecule has 2 aromatic carbocycles. The number of rotatable bonds is 7. The Morgan fingerprint density at radius 3 is 2.54 bits per heavy atom. The van der Waals surface area contributed by atoms with E-state index in [9.17, 15) is 4.79 Å². The third-order valence-electron chi connectivity index (χ3n) is 6.83. The highest BCUT2D eigenvalue weighted by Gasteiger charge is 2.31. The van der Waals surface area contributed by atoms with Gasteiger partial charge in [0.25, 0.3) is 0 Å². The second-order valence-corrected chi connectivity index (χ2v) is 9.42. The topological polar surface area (TPSA) is 66.2 Å². The number of carbonyl (C=O) groups is 1. The molecule has 0 spiro atoms. The molecule has 0 N–H and O–H groups in total. The van der Waals surface area contributed by atoms with E-state index in [-0.39, 0.29) is 5.92 Å². The van der Waals surface area contributed by atoms with Crippen LogP contribution in [-0.2, 0) is 4.74 Å². The molecule has 2 aromatic heterocycles. The first-order chi connectivity index (χ1) is 17.1. The second kappa shape index (κ2) is 10.5. The fourth-order valence-corrected chi connectivity index (χ4v) is 5.17. The number of fused-ring (bicyclic) bond motifs is 1. The average molecular weight is 490 g/mol. The van der Waals surface area contributed by atoms with E-state index >= 15 is 0 Å². The maximum absolute atomic E-state index is 11.7. The Morgan fingerprint density at radius 1 is 1.06 bits per heavy atom. The number of hydrogen-bond acceptors (Lipinski definition) is 5. The predicted octanol–water partition coefficient (Wildman–Crippen LogP) is 6.60. The summed E-state index contributed by atoms with van der Waals surface area (Å²) in [6.07, 6.45) is 7.52. The number of hydrogen-bond donors (Lipinski definition) is 0. The molecule has 0 amide bonds. The van der Waals surface area contributed by atoms with E-state index in [2.05, 4.69) is 27.9 Å². The SMILES string of the molecule is COC(=O)c1ccc(OCC(c2c3ccccc3nn2-c2ccc(Cl)cc2)C2CCCCC2)nc1. The van der Waals surface area contributed by atoms with E-state index in [1.807, 2.05) is 30.3 Å². The molecule has 35 heavy (non-hydrogen) atoms. The molecule has 180 valence electrons. The highest BCUT2D eigenvalue weighted by Crippen LogP contribution is 2.40. The van der Waals surface area contributed by atoms with E-state index in [1.165, 1.54) is 32.6 Å². The number of benzene rings is 2. The molecule has 1 atom stereocenters. The fraction of sp³-hybridized carbons (Fsp3) is 0.321. The van der Waals surface area contributed by atoms with Crippen molar-refractivity contribution in [3.05, 3.63) is 83.1 Å². The highest BCUT2D eigenvalue weighted by molar-refractivity contribution is 6.30. The molecule has 0 bridgehead atoms.